The van der Waals surface area contributed by atoms with Crippen molar-refractivity contribution in [3.63, 3.8) is 0 Å². The summed E-state index contributed by atoms with van der Waals surface area (Å²) >= 11 is 0. The van der Waals surface area contributed by atoms with Crippen LogP contribution in [0.3, 0.4) is 0 Å². The third kappa shape index (κ3) is 5.78. The number of quaternary nitrogens is 1. The summed E-state index contributed by atoms with van der Waals surface area (Å²) in [5.74, 6) is 0.107. The molecule has 156 valence electrons. The lowest BCUT2D eigenvalue weighted by molar-refractivity contribution is -0.885. The summed E-state index contributed by atoms with van der Waals surface area (Å²) in [7, 11) is 0.505. The zero-order valence-corrected chi connectivity index (χ0v) is 18.0. The highest BCUT2D eigenvalue weighted by Crippen LogP contribution is 2.21. The van der Waals surface area contributed by atoms with Crippen LogP contribution in [0, 0.1) is 0 Å². The van der Waals surface area contributed by atoms with Crippen LogP contribution in [0.15, 0.2) is 24.3 Å². The maximum Gasteiger partial charge on any atom is 0.278 e. The zero-order chi connectivity index (χ0) is 20.9. The molecule has 2 rings (SSSR count). The molecular formula is C20H32N3O4S+. The maximum absolute atomic E-state index is 13.0. The normalized spacial score (nSPS) is 20.4. The van der Waals surface area contributed by atoms with Crippen molar-refractivity contribution in [2.75, 3.05) is 32.1 Å². The van der Waals surface area contributed by atoms with E-state index in [0.717, 1.165) is 16.9 Å². The fraction of sp³-hybridized carbons (Fsp3) is 0.600. The molecule has 1 aliphatic rings. The zero-order valence-electron chi connectivity index (χ0n) is 17.2. The van der Waals surface area contributed by atoms with E-state index < -0.39 is 9.84 Å². The maximum atomic E-state index is 13.0. The van der Waals surface area contributed by atoms with E-state index in [1.807, 2.05) is 33.0 Å². The Hall–Kier alpha value is -1.93. The molecule has 1 saturated heterocycles. The van der Waals surface area contributed by atoms with Crippen molar-refractivity contribution < 1.29 is 22.9 Å². The van der Waals surface area contributed by atoms with Gasteiger partial charge in [0, 0.05) is 30.3 Å². The van der Waals surface area contributed by atoms with Gasteiger partial charge in [-0.15, -0.1) is 0 Å². The quantitative estimate of drug-likeness (QED) is 0.625. The van der Waals surface area contributed by atoms with Crippen LogP contribution in [0.25, 0.3) is 0 Å². The molecule has 0 bridgehead atoms. The standard InChI is InChI=1S/C20H31N3O4S/c1-5-15(2)23(18-10-11-28(26,27)14-18)19(24)13-22(4)12-16-6-8-17(9-7-16)20(25)21-3/h6-9,15,18H,5,10-14H2,1-4H3,(H,21,25)/p+1/t15-,18-/m1/s1. The smallest absolute Gasteiger partial charge is 0.278 e. The first kappa shape index (κ1) is 22.4. The first-order valence-corrected chi connectivity index (χ1v) is 11.6. The lowest BCUT2D eigenvalue weighted by Crippen LogP contribution is -3.09. The molecule has 0 saturated carbocycles. The van der Waals surface area contributed by atoms with Crippen LogP contribution in [0.1, 0.15) is 42.6 Å². The minimum atomic E-state index is -3.04. The fourth-order valence-electron chi connectivity index (χ4n) is 3.68. The molecule has 2 N–H and O–H groups in total. The SMILES string of the molecule is CC[C@@H](C)N(C(=O)C[NH+](C)Cc1ccc(C(=O)NC)cc1)[C@@H]1CCS(=O)(=O)C1. The Morgan fingerprint density at radius 3 is 2.43 bits per heavy atom. The Morgan fingerprint density at radius 2 is 1.93 bits per heavy atom. The number of nitrogens with one attached hydrogen (secondary N) is 2. The molecule has 1 aliphatic heterocycles. The Kier molecular flexibility index (Phi) is 7.60. The monoisotopic (exact) mass is 410 g/mol. The molecule has 0 radical (unpaired) electrons. The van der Waals surface area contributed by atoms with E-state index in [0.29, 0.717) is 25.1 Å². The van der Waals surface area contributed by atoms with Gasteiger partial charge < -0.3 is 15.1 Å². The van der Waals surface area contributed by atoms with Crippen LogP contribution in [0.4, 0.5) is 0 Å². The first-order valence-electron chi connectivity index (χ1n) is 9.80. The van der Waals surface area contributed by atoms with Crippen LogP contribution >= 0.6 is 0 Å². The fourth-order valence-corrected chi connectivity index (χ4v) is 5.39. The van der Waals surface area contributed by atoms with Crippen molar-refractivity contribution in [1.29, 1.82) is 0 Å². The Bertz CT molecular complexity index is 792. The van der Waals surface area contributed by atoms with Gasteiger partial charge in [0.2, 0.25) is 0 Å². The highest BCUT2D eigenvalue weighted by Gasteiger charge is 2.37. The molecule has 0 aliphatic carbocycles. The molecule has 1 aromatic rings. The molecule has 1 unspecified atom stereocenters. The van der Waals surface area contributed by atoms with Crippen molar-refractivity contribution in [3.8, 4) is 0 Å². The number of hydrogen-bond acceptors (Lipinski definition) is 4. The van der Waals surface area contributed by atoms with Gasteiger partial charge in [0.05, 0.1) is 18.6 Å². The van der Waals surface area contributed by atoms with Crippen molar-refractivity contribution in [1.82, 2.24) is 10.2 Å². The number of likely N-dealkylation sites (N-methyl/N-ethyl adjacent to an activating group) is 1. The average molecular weight is 411 g/mol. The lowest BCUT2D eigenvalue weighted by atomic mass is 10.1. The van der Waals surface area contributed by atoms with Crippen LogP contribution in [0.5, 0.6) is 0 Å². The van der Waals surface area contributed by atoms with Gasteiger partial charge in [-0.2, -0.15) is 0 Å². The summed E-state index contributed by atoms with van der Waals surface area (Å²) in [5, 5.41) is 2.59. The summed E-state index contributed by atoms with van der Waals surface area (Å²) in [6, 6.07) is 7.15. The second-order valence-corrected chi connectivity index (χ2v) is 9.93. The van der Waals surface area contributed by atoms with Crippen molar-refractivity contribution >= 4 is 21.7 Å². The van der Waals surface area contributed by atoms with E-state index in [1.165, 1.54) is 0 Å². The second-order valence-electron chi connectivity index (χ2n) is 7.70. The molecule has 2 amide bonds. The molecule has 28 heavy (non-hydrogen) atoms. The van der Waals surface area contributed by atoms with Gasteiger partial charge in [-0.25, -0.2) is 8.42 Å². The van der Waals surface area contributed by atoms with Gasteiger partial charge >= 0.3 is 0 Å². The van der Waals surface area contributed by atoms with E-state index in [1.54, 1.807) is 24.1 Å². The molecule has 8 heteroatoms. The second kappa shape index (κ2) is 9.52. The first-order chi connectivity index (χ1) is 13.2. The molecule has 7 nitrogen and oxygen atoms in total. The summed E-state index contributed by atoms with van der Waals surface area (Å²) < 4.78 is 23.7. The predicted octanol–water partition coefficient (Wildman–Crippen LogP) is -0.125. The van der Waals surface area contributed by atoms with Crippen LogP contribution in [-0.2, 0) is 21.2 Å². The molecule has 3 atom stereocenters. The van der Waals surface area contributed by atoms with Crippen LogP contribution in [-0.4, -0.2) is 69.4 Å². The number of nitrogens with zero attached hydrogens (tertiary/aromatic N) is 1. The van der Waals surface area contributed by atoms with Crippen LogP contribution in [0.2, 0.25) is 0 Å². The molecule has 1 aromatic carbocycles. The van der Waals surface area contributed by atoms with E-state index in [2.05, 4.69) is 5.32 Å². The third-order valence-corrected chi connectivity index (χ3v) is 7.11. The summed E-state index contributed by atoms with van der Waals surface area (Å²) in [5.41, 5.74) is 1.64. The third-order valence-electron chi connectivity index (χ3n) is 5.36. The predicted molar refractivity (Wildman–Crippen MR) is 109 cm³/mol. The average Bonchev–Trinajstić information content (AvgIpc) is 3.00. The topological polar surface area (TPSA) is 88.0 Å². The molecular weight excluding hydrogens is 378 g/mol. The van der Waals surface area contributed by atoms with Gasteiger partial charge in [0.1, 0.15) is 6.54 Å². The Labute approximate surface area is 168 Å². The Balaban J connectivity index is 2.01. The van der Waals surface area contributed by atoms with E-state index >= 15 is 0 Å². The van der Waals surface area contributed by atoms with Crippen molar-refractivity contribution in [2.45, 2.75) is 45.3 Å². The number of amides is 2. The largest absolute Gasteiger partial charge is 0.355 e. The summed E-state index contributed by atoms with van der Waals surface area (Å²) in [6.45, 7) is 4.95. The highest BCUT2D eigenvalue weighted by atomic mass is 32.2. The number of carbonyl (C=O) groups is 2. The number of hydrogen-bond donors (Lipinski definition) is 2. The van der Waals surface area contributed by atoms with Gasteiger partial charge in [0.25, 0.3) is 11.8 Å². The van der Waals surface area contributed by atoms with E-state index in [-0.39, 0.29) is 35.4 Å². The van der Waals surface area contributed by atoms with E-state index in [4.69, 9.17) is 0 Å². The lowest BCUT2D eigenvalue weighted by Gasteiger charge is -2.34. The van der Waals surface area contributed by atoms with Crippen molar-refractivity contribution in [2.24, 2.45) is 0 Å². The van der Waals surface area contributed by atoms with Gasteiger partial charge in [-0.05, 0) is 31.9 Å². The Morgan fingerprint density at radius 1 is 1.29 bits per heavy atom. The van der Waals surface area contributed by atoms with Gasteiger partial charge in [-0.1, -0.05) is 19.1 Å². The number of carbonyl (C=O) groups excluding carboxylic acids is 2. The molecule has 1 fully saturated rings. The minimum Gasteiger partial charge on any atom is -0.355 e. The van der Waals surface area contributed by atoms with E-state index in [9.17, 15) is 18.0 Å². The van der Waals surface area contributed by atoms with Gasteiger partial charge in [0.15, 0.2) is 16.4 Å². The molecule has 0 aromatic heterocycles. The summed E-state index contributed by atoms with van der Waals surface area (Å²) in [6.07, 6.45) is 1.32. The minimum absolute atomic E-state index is 0.00377. The van der Waals surface area contributed by atoms with Crippen LogP contribution < -0.4 is 10.2 Å². The number of benzene rings is 1. The van der Waals surface area contributed by atoms with Gasteiger partial charge in [-0.3, -0.25) is 9.59 Å². The molecule has 1 heterocycles. The van der Waals surface area contributed by atoms with Crippen molar-refractivity contribution in [3.05, 3.63) is 35.4 Å². The number of rotatable bonds is 8. The summed E-state index contributed by atoms with van der Waals surface area (Å²) in [4.78, 5) is 27.4. The molecule has 0 spiro atoms. The highest BCUT2D eigenvalue weighted by molar-refractivity contribution is 7.91. The number of sulfone groups is 1.